The van der Waals surface area contributed by atoms with E-state index in [1.807, 2.05) is 36.1 Å². The summed E-state index contributed by atoms with van der Waals surface area (Å²) >= 11 is 6.22. The lowest BCUT2D eigenvalue weighted by atomic mass is 9.89. The van der Waals surface area contributed by atoms with E-state index in [0.29, 0.717) is 17.5 Å². The molecular formula is C24H27ClN2O2. The van der Waals surface area contributed by atoms with Crippen molar-refractivity contribution in [3.63, 3.8) is 0 Å². The van der Waals surface area contributed by atoms with E-state index in [-0.39, 0.29) is 24.2 Å². The Morgan fingerprint density at radius 1 is 1.10 bits per heavy atom. The molecule has 4 rings (SSSR count). The lowest BCUT2D eigenvalue weighted by Gasteiger charge is -2.33. The Bertz CT molecular complexity index is 891. The second-order valence-corrected chi connectivity index (χ2v) is 8.70. The predicted octanol–water partition coefficient (Wildman–Crippen LogP) is 4.48. The lowest BCUT2D eigenvalue weighted by Crippen LogP contribution is -2.42. The van der Waals surface area contributed by atoms with Crippen LogP contribution in [-0.4, -0.2) is 36.3 Å². The van der Waals surface area contributed by atoms with Crippen molar-refractivity contribution in [2.45, 2.75) is 32.6 Å². The number of hydrogen-bond acceptors (Lipinski definition) is 2. The van der Waals surface area contributed by atoms with Gasteiger partial charge in [0.1, 0.15) is 0 Å². The predicted molar refractivity (Wildman–Crippen MR) is 116 cm³/mol. The van der Waals surface area contributed by atoms with Crippen molar-refractivity contribution in [1.82, 2.24) is 4.90 Å². The number of likely N-dealkylation sites (tertiary alicyclic amines) is 1. The average Bonchev–Trinajstić information content (AvgIpc) is 3.12. The summed E-state index contributed by atoms with van der Waals surface area (Å²) in [7, 11) is 0. The van der Waals surface area contributed by atoms with Crippen LogP contribution in [0.3, 0.4) is 0 Å². The van der Waals surface area contributed by atoms with Crippen molar-refractivity contribution >= 4 is 29.1 Å². The first kappa shape index (κ1) is 20.0. The molecule has 2 fully saturated rings. The van der Waals surface area contributed by atoms with Gasteiger partial charge in [0.15, 0.2) is 0 Å². The molecule has 152 valence electrons. The minimum absolute atomic E-state index is 0.00207. The summed E-state index contributed by atoms with van der Waals surface area (Å²) in [5.74, 6) is 0.491. The van der Waals surface area contributed by atoms with E-state index in [9.17, 15) is 9.59 Å². The summed E-state index contributed by atoms with van der Waals surface area (Å²) in [5.41, 5.74) is 3.13. The number of amides is 2. The fourth-order valence-electron chi connectivity index (χ4n) is 4.44. The number of nitrogens with zero attached hydrogens (tertiary/aromatic N) is 2. The fraction of sp³-hybridized carbons (Fsp3) is 0.417. The quantitative estimate of drug-likeness (QED) is 0.745. The molecule has 0 bridgehead atoms. The molecule has 5 heteroatoms. The van der Waals surface area contributed by atoms with Gasteiger partial charge < -0.3 is 9.80 Å². The minimum atomic E-state index is -0.256. The number of piperidine rings is 1. The monoisotopic (exact) mass is 410 g/mol. The summed E-state index contributed by atoms with van der Waals surface area (Å²) in [5, 5.41) is 0.644. The van der Waals surface area contributed by atoms with Gasteiger partial charge in [-0.2, -0.15) is 0 Å². The molecule has 2 aromatic rings. The zero-order valence-electron chi connectivity index (χ0n) is 16.8. The maximum atomic E-state index is 13.0. The molecule has 2 saturated heterocycles. The average molecular weight is 411 g/mol. The van der Waals surface area contributed by atoms with Crippen LogP contribution in [0.4, 0.5) is 5.69 Å². The first-order chi connectivity index (χ1) is 14.0. The van der Waals surface area contributed by atoms with Gasteiger partial charge >= 0.3 is 0 Å². The summed E-state index contributed by atoms with van der Waals surface area (Å²) < 4.78 is 0. The van der Waals surface area contributed by atoms with Crippen LogP contribution >= 0.6 is 11.6 Å². The van der Waals surface area contributed by atoms with E-state index in [2.05, 4.69) is 24.3 Å². The minimum Gasteiger partial charge on any atom is -0.342 e. The van der Waals surface area contributed by atoms with Crippen LogP contribution in [0.25, 0.3) is 0 Å². The zero-order chi connectivity index (χ0) is 20.4. The van der Waals surface area contributed by atoms with Crippen LogP contribution in [-0.2, 0) is 16.0 Å². The second-order valence-electron chi connectivity index (χ2n) is 8.30. The molecule has 0 radical (unpaired) electrons. The molecular weight excluding hydrogens is 384 g/mol. The van der Waals surface area contributed by atoms with Gasteiger partial charge in [0.25, 0.3) is 0 Å². The van der Waals surface area contributed by atoms with E-state index >= 15 is 0 Å². The third-order valence-corrected chi connectivity index (χ3v) is 6.64. The number of anilines is 1. The number of benzene rings is 2. The SMILES string of the molecule is Cc1ccc(N2C[C@H](C(=O)N3CCC(Cc4ccccc4)CC3)CC2=O)cc1Cl. The van der Waals surface area contributed by atoms with Gasteiger partial charge in [-0.05, 0) is 55.4 Å². The van der Waals surface area contributed by atoms with Gasteiger partial charge in [0.05, 0.1) is 5.92 Å². The zero-order valence-corrected chi connectivity index (χ0v) is 17.6. The molecule has 0 spiro atoms. The molecule has 0 aromatic heterocycles. The Hall–Kier alpha value is -2.33. The van der Waals surface area contributed by atoms with Gasteiger partial charge in [-0.25, -0.2) is 0 Å². The summed E-state index contributed by atoms with van der Waals surface area (Å²) in [6.45, 7) is 3.96. The molecule has 0 aliphatic carbocycles. The molecule has 4 nitrogen and oxygen atoms in total. The Kier molecular flexibility index (Phi) is 5.91. The molecule has 2 aromatic carbocycles. The summed E-state index contributed by atoms with van der Waals surface area (Å²) in [4.78, 5) is 29.2. The van der Waals surface area contributed by atoms with Crippen LogP contribution in [0.5, 0.6) is 0 Å². The number of carbonyl (C=O) groups excluding carboxylic acids is 2. The maximum absolute atomic E-state index is 13.0. The highest BCUT2D eigenvalue weighted by Crippen LogP contribution is 2.31. The van der Waals surface area contributed by atoms with E-state index in [1.54, 1.807) is 4.90 Å². The number of halogens is 1. The first-order valence-corrected chi connectivity index (χ1v) is 10.8. The highest BCUT2D eigenvalue weighted by atomic mass is 35.5. The number of rotatable bonds is 4. The number of hydrogen-bond donors (Lipinski definition) is 0. The third-order valence-electron chi connectivity index (χ3n) is 6.23. The van der Waals surface area contributed by atoms with Crippen molar-refractivity contribution in [2.75, 3.05) is 24.5 Å². The number of carbonyl (C=O) groups is 2. The van der Waals surface area contributed by atoms with Gasteiger partial charge in [-0.15, -0.1) is 0 Å². The van der Waals surface area contributed by atoms with Crippen molar-refractivity contribution in [2.24, 2.45) is 11.8 Å². The van der Waals surface area contributed by atoms with Crippen LogP contribution in [0.1, 0.15) is 30.4 Å². The van der Waals surface area contributed by atoms with Crippen molar-refractivity contribution in [1.29, 1.82) is 0 Å². The number of aryl methyl sites for hydroxylation is 1. The Labute approximate surface area is 177 Å². The van der Waals surface area contributed by atoms with E-state index in [1.165, 1.54) is 5.56 Å². The van der Waals surface area contributed by atoms with Gasteiger partial charge in [0, 0.05) is 36.8 Å². The molecule has 2 amide bonds. The highest BCUT2D eigenvalue weighted by Gasteiger charge is 2.38. The molecule has 0 saturated carbocycles. The van der Waals surface area contributed by atoms with Crippen LogP contribution in [0.15, 0.2) is 48.5 Å². The van der Waals surface area contributed by atoms with E-state index in [0.717, 1.165) is 43.6 Å². The summed E-state index contributed by atoms with van der Waals surface area (Å²) in [6.07, 6.45) is 3.41. The Morgan fingerprint density at radius 2 is 1.83 bits per heavy atom. The third kappa shape index (κ3) is 4.48. The lowest BCUT2D eigenvalue weighted by molar-refractivity contribution is -0.137. The normalized spacial score (nSPS) is 20.3. The Balaban J connectivity index is 1.33. The van der Waals surface area contributed by atoms with Crippen LogP contribution < -0.4 is 4.90 Å². The van der Waals surface area contributed by atoms with Gasteiger partial charge in [-0.3, -0.25) is 9.59 Å². The molecule has 2 aliphatic heterocycles. The topological polar surface area (TPSA) is 40.6 Å². The highest BCUT2D eigenvalue weighted by molar-refractivity contribution is 6.31. The molecule has 2 aliphatic rings. The largest absolute Gasteiger partial charge is 0.342 e. The standard InChI is InChI=1S/C24H27ClN2O2/c1-17-7-8-21(15-22(17)25)27-16-20(14-23(27)28)24(29)26-11-9-19(10-12-26)13-18-5-3-2-4-6-18/h2-8,15,19-20H,9-14,16H2,1H3/t20-/m1/s1. The maximum Gasteiger partial charge on any atom is 0.228 e. The van der Waals surface area contributed by atoms with Crippen LogP contribution in [0.2, 0.25) is 5.02 Å². The second kappa shape index (κ2) is 8.58. The first-order valence-electron chi connectivity index (χ1n) is 10.4. The van der Waals surface area contributed by atoms with Crippen LogP contribution in [0, 0.1) is 18.8 Å². The smallest absolute Gasteiger partial charge is 0.228 e. The molecule has 0 unspecified atom stereocenters. The molecule has 2 heterocycles. The molecule has 0 N–H and O–H groups in total. The molecule has 29 heavy (non-hydrogen) atoms. The Morgan fingerprint density at radius 3 is 2.52 bits per heavy atom. The van der Waals surface area contributed by atoms with E-state index in [4.69, 9.17) is 11.6 Å². The van der Waals surface area contributed by atoms with E-state index < -0.39 is 0 Å². The summed E-state index contributed by atoms with van der Waals surface area (Å²) in [6, 6.07) is 16.2. The van der Waals surface area contributed by atoms with Crippen molar-refractivity contribution in [3.8, 4) is 0 Å². The fourth-order valence-corrected chi connectivity index (χ4v) is 4.61. The van der Waals surface area contributed by atoms with Gasteiger partial charge in [0.2, 0.25) is 11.8 Å². The van der Waals surface area contributed by atoms with Crippen molar-refractivity contribution < 1.29 is 9.59 Å². The van der Waals surface area contributed by atoms with Gasteiger partial charge in [-0.1, -0.05) is 48.0 Å². The molecule has 1 atom stereocenters. The van der Waals surface area contributed by atoms with Crippen molar-refractivity contribution in [3.05, 3.63) is 64.7 Å².